The number of carbonyl (C=O) groups is 1. The first-order chi connectivity index (χ1) is 13.5. The maximum atomic E-state index is 13.7. The molecule has 0 radical (unpaired) electrons. The zero-order chi connectivity index (χ0) is 18.9. The molecule has 1 N–H and O–H groups in total. The Morgan fingerprint density at radius 1 is 1.14 bits per heavy atom. The molecule has 0 aromatic carbocycles. The Balaban J connectivity index is 1.30. The average molecular weight is 414 g/mol. The van der Waals surface area contributed by atoms with Crippen molar-refractivity contribution in [3.63, 3.8) is 0 Å². The fourth-order valence-corrected chi connectivity index (χ4v) is 9.13. The molecule has 1 amide bonds. The lowest BCUT2D eigenvalue weighted by atomic mass is 9.47. The Morgan fingerprint density at radius 2 is 1.96 bits per heavy atom. The second-order valence-electron chi connectivity index (χ2n) is 9.92. The number of thiophene rings is 2. The minimum atomic E-state index is -0.486. The summed E-state index contributed by atoms with van der Waals surface area (Å²) in [4.78, 5) is 18.5. The van der Waals surface area contributed by atoms with Gasteiger partial charge in [-0.2, -0.15) is 0 Å². The second-order valence-corrected chi connectivity index (χ2v) is 11.9. The number of fused-ring (bicyclic) bond motifs is 1. The molecule has 4 fully saturated rings. The summed E-state index contributed by atoms with van der Waals surface area (Å²) in [6.07, 6.45) is 7.97. The van der Waals surface area contributed by atoms with Gasteiger partial charge in [0.25, 0.3) is 0 Å². The van der Waals surface area contributed by atoms with E-state index in [0.29, 0.717) is 24.2 Å². The van der Waals surface area contributed by atoms with E-state index in [1.165, 1.54) is 21.7 Å². The van der Waals surface area contributed by atoms with Gasteiger partial charge in [-0.05, 0) is 90.7 Å². The van der Waals surface area contributed by atoms with Crippen LogP contribution in [0.2, 0.25) is 0 Å². The molecule has 5 aliphatic rings. The van der Waals surface area contributed by atoms with E-state index in [0.717, 1.165) is 45.1 Å². The summed E-state index contributed by atoms with van der Waals surface area (Å²) < 4.78 is 0. The van der Waals surface area contributed by atoms with E-state index in [2.05, 4.69) is 33.9 Å². The number of rotatable bonds is 3. The molecular weight excluding hydrogens is 386 g/mol. The molecule has 5 heteroatoms. The molecule has 0 spiro atoms. The van der Waals surface area contributed by atoms with E-state index < -0.39 is 5.60 Å². The lowest BCUT2D eigenvalue weighted by Crippen LogP contribution is -2.57. The van der Waals surface area contributed by atoms with Crippen molar-refractivity contribution in [1.29, 1.82) is 0 Å². The topological polar surface area (TPSA) is 40.5 Å². The summed E-state index contributed by atoms with van der Waals surface area (Å²) in [5.41, 5.74) is 0.890. The van der Waals surface area contributed by atoms with Crippen molar-refractivity contribution in [2.24, 2.45) is 17.3 Å². The molecule has 4 bridgehead atoms. The molecular formula is C23H27NO2S2. The van der Waals surface area contributed by atoms with Crippen LogP contribution in [-0.4, -0.2) is 28.1 Å². The van der Waals surface area contributed by atoms with Gasteiger partial charge in [0, 0.05) is 22.7 Å². The monoisotopic (exact) mass is 413 g/mol. The van der Waals surface area contributed by atoms with Crippen LogP contribution in [0.1, 0.15) is 66.3 Å². The Hall–Kier alpha value is -1.17. The van der Waals surface area contributed by atoms with Crippen LogP contribution in [0.3, 0.4) is 0 Å². The second kappa shape index (κ2) is 6.16. The molecule has 2 aromatic heterocycles. The van der Waals surface area contributed by atoms with Gasteiger partial charge < -0.3 is 10.0 Å². The van der Waals surface area contributed by atoms with Crippen LogP contribution >= 0.6 is 22.7 Å². The number of amides is 1. The van der Waals surface area contributed by atoms with Crippen molar-refractivity contribution in [1.82, 2.24) is 4.90 Å². The smallest absolute Gasteiger partial charge is 0.223 e. The molecule has 0 saturated heterocycles. The van der Waals surface area contributed by atoms with E-state index in [1.54, 1.807) is 11.3 Å². The summed E-state index contributed by atoms with van der Waals surface area (Å²) >= 11 is 3.59. The van der Waals surface area contributed by atoms with Gasteiger partial charge in [0.15, 0.2) is 0 Å². The maximum Gasteiger partial charge on any atom is 0.223 e. The molecule has 2 unspecified atom stereocenters. The number of hydrogen-bond donors (Lipinski definition) is 1. The molecule has 3 nitrogen and oxygen atoms in total. The highest BCUT2D eigenvalue weighted by Crippen LogP contribution is 2.63. The minimum Gasteiger partial charge on any atom is -0.390 e. The Bertz CT molecular complexity index is 888. The standard InChI is InChI=1S/C23H27NO2S2/c25-20(13-22-9-15-8-16(10-22)12-23(26,11-15)14-22)24-5-3-18-17(4-7-28-18)21(24)19-2-1-6-27-19/h1-2,4,6-7,15-16,21,26H,3,5,8-14H2/t15-,16+,21-,22?,23?/m1/s1. The molecule has 7 rings (SSSR count). The molecule has 1 aliphatic heterocycles. The van der Waals surface area contributed by atoms with Gasteiger partial charge in [-0.1, -0.05) is 6.07 Å². The number of carbonyl (C=O) groups excluding carboxylic acids is 1. The molecule has 148 valence electrons. The average Bonchev–Trinajstić information content (AvgIpc) is 3.30. The van der Waals surface area contributed by atoms with E-state index in [1.807, 2.05) is 11.3 Å². The number of hydrogen-bond acceptors (Lipinski definition) is 4. The van der Waals surface area contributed by atoms with Gasteiger partial charge in [0.2, 0.25) is 5.91 Å². The molecule has 3 heterocycles. The largest absolute Gasteiger partial charge is 0.390 e. The molecule has 4 aliphatic carbocycles. The van der Waals surface area contributed by atoms with Crippen LogP contribution in [0.4, 0.5) is 0 Å². The lowest BCUT2D eigenvalue weighted by Gasteiger charge is -2.60. The molecule has 2 aromatic rings. The van der Waals surface area contributed by atoms with Crippen molar-refractivity contribution in [2.45, 2.75) is 63.0 Å². The third-order valence-corrected chi connectivity index (χ3v) is 9.70. The minimum absolute atomic E-state index is 0.0465. The van der Waals surface area contributed by atoms with E-state index in [4.69, 9.17) is 0 Å². The quantitative estimate of drug-likeness (QED) is 0.769. The SMILES string of the molecule is O=C(CC12C[C@@H]3C[C@@H](CC(O)(C3)C1)C2)N1CCc2sccc2[C@@H]1c1cccs1. The lowest BCUT2D eigenvalue weighted by molar-refractivity contribution is -0.172. The van der Waals surface area contributed by atoms with Crippen LogP contribution in [0.25, 0.3) is 0 Å². The fourth-order valence-electron chi connectivity index (χ4n) is 7.37. The van der Waals surface area contributed by atoms with Gasteiger partial charge >= 0.3 is 0 Å². The van der Waals surface area contributed by atoms with Gasteiger partial charge in [-0.25, -0.2) is 0 Å². The van der Waals surface area contributed by atoms with Crippen molar-refractivity contribution >= 4 is 28.6 Å². The normalized spacial score (nSPS) is 38.6. The highest BCUT2D eigenvalue weighted by atomic mass is 32.1. The van der Waals surface area contributed by atoms with Gasteiger partial charge in [-0.3, -0.25) is 4.79 Å². The predicted molar refractivity (Wildman–Crippen MR) is 113 cm³/mol. The first-order valence-electron chi connectivity index (χ1n) is 10.6. The third-order valence-electron chi connectivity index (χ3n) is 7.78. The van der Waals surface area contributed by atoms with Crippen molar-refractivity contribution in [3.05, 3.63) is 44.3 Å². The Morgan fingerprint density at radius 3 is 2.68 bits per heavy atom. The van der Waals surface area contributed by atoms with Gasteiger partial charge in [0.1, 0.15) is 0 Å². The van der Waals surface area contributed by atoms with Crippen LogP contribution in [0.5, 0.6) is 0 Å². The van der Waals surface area contributed by atoms with Crippen LogP contribution in [-0.2, 0) is 11.2 Å². The Kier molecular flexibility index (Phi) is 3.89. The van der Waals surface area contributed by atoms with Crippen LogP contribution in [0.15, 0.2) is 29.0 Å². The number of aliphatic hydroxyl groups is 1. The molecule has 5 atom stereocenters. The highest BCUT2D eigenvalue weighted by Gasteiger charge is 2.57. The van der Waals surface area contributed by atoms with Crippen molar-refractivity contribution < 1.29 is 9.90 Å². The molecule has 28 heavy (non-hydrogen) atoms. The number of nitrogens with zero attached hydrogens (tertiary/aromatic N) is 1. The van der Waals surface area contributed by atoms with E-state index in [-0.39, 0.29) is 11.5 Å². The van der Waals surface area contributed by atoms with Gasteiger partial charge in [-0.15, -0.1) is 22.7 Å². The fraction of sp³-hybridized carbons (Fsp3) is 0.609. The van der Waals surface area contributed by atoms with Crippen LogP contribution < -0.4 is 0 Å². The summed E-state index contributed by atoms with van der Waals surface area (Å²) in [6, 6.07) is 6.57. The predicted octanol–water partition coefficient (Wildman–Crippen LogP) is 5.01. The zero-order valence-corrected chi connectivity index (χ0v) is 17.7. The maximum absolute atomic E-state index is 13.7. The molecule has 4 saturated carbocycles. The summed E-state index contributed by atoms with van der Waals surface area (Å²) in [7, 11) is 0. The first-order valence-corrected chi connectivity index (χ1v) is 12.4. The van der Waals surface area contributed by atoms with E-state index in [9.17, 15) is 9.90 Å². The zero-order valence-electron chi connectivity index (χ0n) is 16.1. The van der Waals surface area contributed by atoms with Crippen molar-refractivity contribution in [2.75, 3.05) is 6.54 Å². The Labute approximate surface area is 174 Å². The summed E-state index contributed by atoms with van der Waals surface area (Å²) in [5.74, 6) is 1.58. The highest BCUT2D eigenvalue weighted by molar-refractivity contribution is 7.10. The van der Waals surface area contributed by atoms with E-state index >= 15 is 0 Å². The first kappa shape index (κ1) is 17.7. The summed E-state index contributed by atoms with van der Waals surface area (Å²) in [5, 5.41) is 15.4. The summed E-state index contributed by atoms with van der Waals surface area (Å²) in [6.45, 7) is 0.822. The third kappa shape index (κ3) is 2.73. The van der Waals surface area contributed by atoms with Crippen LogP contribution in [0, 0.1) is 17.3 Å². The van der Waals surface area contributed by atoms with Crippen molar-refractivity contribution in [3.8, 4) is 0 Å². The van der Waals surface area contributed by atoms with Gasteiger partial charge in [0.05, 0.1) is 11.6 Å².